The molecule has 0 atom stereocenters. The number of halogens is 2. The van der Waals surface area contributed by atoms with Crippen LogP contribution in [0.1, 0.15) is 17.3 Å². The van der Waals surface area contributed by atoms with E-state index in [9.17, 15) is 13.6 Å². The summed E-state index contributed by atoms with van der Waals surface area (Å²) < 4.78 is 25.8. The van der Waals surface area contributed by atoms with Gasteiger partial charge < -0.3 is 11.1 Å². The average molecular weight is 200 g/mol. The zero-order chi connectivity index (χ0) is 10.7. The molecule has 0 bridgehead atoms. The minimum absolute atomic E-state index is 0.0731. The van der Waals surface area contributed by atoms with Crippen LogP contribution in [0.25, 0.3) is 0 Å². The number of carbonyl (C=O) groups excluding carboxylic acids is 1. The molecule has 0 saturated heterocycles. The quantitative estimate of drug-likeness (QED) is 0.707. The van der Waals surface area contributed by atoms with Crippen LogP contribution in [0.2, 0.25) is 0 Å². The number of rotatable bonds is 2. The number of benzene rings is 1. The maximum Gasteiger partial charge on any atom is 0.251 e. The largest absolute Gasteiger partial charge is 0.394 e. The summed E-state index contributed by atoms with van der Waals surface area (Å²) in [7, 11) is 0. The van der Waals surface area contributed by atoms with Gasteiger partial charge in [0.1, 0.15) is 17.3 Å². The van der Waals surface area contributed by atoms with Crippen molar-refractivity contribution in [3.05, 3.63) is 29.3 Å². The number of hydrogen-bond donors (Lipinski definition) is 2. The molecule has 14 heavy (non-hydrogen) atoms. The first kappa shape index (κ1) is 10.4. The van der Waals surface area contributed by atoms with E-state index in [1.165, 1.54) is 0 Å². The van der Waals surface area contributed by atoms with E-state index in [0.29, 0.717) is 6.54 Å². The van der Waals surface area contributed by atoms with Gasteiger partial charge in [-0.05, 0) is 19.1 Å². The van der Waals surface area contributed by atoms with Crippen LogP contribution in [0.15, 0.2) is 12.1 Å². The highest BCUT2D eigenvalue weighted by Gasteiger charge is 2.11. The van der Waals surface area contributed by atoms with Crippen molar-refractivity contribution in [1.82, 2.24) is 5.32 Å². The second-order valence-corrected chi connectivity index (χ2v) is 2.71. The number of nitrogens with two attached hydrogens (primary N) is 1. The van der Waals surface area contributed by atoms with E-state index in [2.05, 4.69) is 5.32 Å². The topological polar surface area (TPSA) is 55.1 Å². The molecule has 3 nitrogen and oxygen atoms in total. The lowest BCUT2D eigenvalue weighted by atomic mass is 10.2. The van der Waals surface area contributed by atoms with Crippen LogP contribution in [-0.2, 0) is 0 Å². The number of carbonyl (C=O) groups is 1. The molecule has 0 heterocycles. The van der Waals surface area contributed by atoms with Crippen LogP contribution in [0.5, 0.6) is 0 Å². The van der Waals surface area contributed by atoms with Gasteiger partial charge in [-0.15, -0.1) is 0 Å². The summed E-state index contributed by atoms with van der Waals surface area (Å²) in [6, 6.07) is 1.81. The summed E-state index contributed by atoms with van der Waals surface area (Å²) in [6.07, 6.45) is 0. The highest BCUT2D eigenvalue weighted by Crippen LogP contribution is 2.16. The lowest BCUT2D eigenvalue weighted by molar-refractivity contribution is 0.0955. The molecular weight excluding hydrogens is 190 g/mol. The van der Waals surface area contributed by atoms with Gasteiger partial charge in [-0.25, -0.2) is 8.78 Å². The van der Waals surface area contributed by atoms with E-state index in [0.717, 1.165) is 12.1 Å². The molecule has 0 unspecified atom stereocenters. The molecule has 0 aliphatic carbocycles. The maximum atomic E-state index is 12.9. The van der Waals surface area contributed by atoms with Crippen LogP contribution in [0, 0.1) is 11.6 Å². The number of hydrogen-bond acceptors (Lipinski definition) is 2. The van der Waals surface area contributed by atoms with Gasteiger partial charge in [0.25, 0.3) is 5.91 Å². The van der Waals surface area contributed by atoms with Crippen LogP contribution < -0.4 is 11.1 Å². The van der Waals surface area contributed by atoms with E-state index >= 15 is 0 Å². The van der Waals surface area contributed by atoms with Gasteiger partial charge in [-0.3, -0.25) is 4.79 Å². The lowest BCUT2D eigenvalue weighted by Crippen LogP contribution is -2.23. The Morgan fingerprint density at radius 3 is 2.36 bits per heavy atom. The molecule has 76 valence electrons. The van der Waals surface area contributed by atoms with E-state index in [-0.39, 0.29) is 5.56 Å². The highest BCUT2D eigenvalue weighted by atomic mass is 19.1. The Labute approximate surface area is 79.9 Å². The Balaban J connectivity index is 3.06. The first-order valence-electron chi connectivity index (χ1n) is 4.09. The summed E-state index contributed by atoms with van der Waals surface area (Å²) in [4.78, 5) is 11.2. The molecule has 5 heteroatoms. The molecule has 1 rings (SSSR count). The first-order valence-corrected chi connectivity index (χ1v) is 4.09. The van der Waals surface area contributed by atoms with Crippen molar-refractivity contribution in [3.63, 3.8) is 0 Å². The smallest absolute Gasteiger partial charge is 0.251 e. The standard InChI is InChI=1S/C9H10F2N2O/c1-2-13-9(14)5-3-6(10)8(12)7(11)4-5/h3-4H,2,12H2,1H3,(H,13,14). The summed E-state index contributed by atoms with van der Waals surface area (Å²) in [5.74, 6) is -2.37. The minimum Gasteiger partial charge on any atom is -0.394 e. The molecule has 0 aliphatic rings. The van der Waals surface area contributed by atoms with Crippen molar-refractivity contribution in [3.8, 4) is 0 Å². The molecular formula is C9H10F2N2O. The second-order valence-electron chi connectivity index (χ2n) is 2.71. The predicted molar refractivity (Wildman–Crippen MR) is 48.8 cm³/mol. The van der Waals surface area contributed by atoms with Gasteiger partial charge >= 0.3 is 0 Å². The van der Waals surface area contributed by atoms with Crippen molar-refractivity contribution < 1.29 is 13.6 Å². The van der Waals surface area contributed by atoms with E-state index < -0.39 is 23.2 Å². The number of anilines is 1. The Hall–Kier alpha value is -1.65. The van der Waals surface area contributed by atoms with E-state index in [1.54, 1.807) is 6.92 Å². The summed E-state index contributed by atoms with van der Waals surface area (Å²) >= 11 is 0. The Kier molecular flexibility index (Phi) is 3.01. The van der Waals surface area contributed by atoms with Crippen LogP contribution in [0.4, 0.5) is 14.5 Å². The van der Waals surface area contributed by atoms with Gasteiger partial charge in [-0.2, -0.15) is 0 Å². The number of nitrogens with one attached hydrogen (secondary N) is 1. The van der Waals surface area contributed by atoms with Crippen molar-refractivity contribution in [2.75, 3.05) is 12.3 Å². The third kappa shape index (κ3) is 1.99. The van der Waals surface area contributed by atoms with Gasteiger partial charge in [0, 0.05) is 12.1 Å². The molecule has 0 aromatic heterocycles. The minimum atomic E-state index is -0.925. The normalized spacial score (nSPS) is 9.93. The third-order valence-corrected chi connectivity index (χ3v) is 1.68. The van der Waals surface area contributed by atoms with Gasteiger partial charge in [0.15, 0.2) is 0 Å². The number of nitrogen functional groups attached to an aromatic ring is 1. The molecule has 3 N–H and O–H groups in total. The average Bonchev–Trinajstić information content (AvgIpc) is 2.13. The zero-order valence-electron chi connectivity index (χ0n) is 7.60. The van der Waals surface area contributed by atoms with Crippen LogP contribution in [-0.4, -0.2) is 12.5 Å². The molecule has 0 saturated carbocycles. The van der Waals surface area contributed by atoms with Gasteiger partial charge in [0.05, 0.1) is 0 Å². The van der Waals surface area contributed by atoms with Crippen molar-refractivity contribution in [2.24, 2.45) is 0 Å². The lowest BCUT2D eigenvalue weighted by Gasteiger charge is -2.04. The SMILES string of the molecule is CCNC(=O)c1cc(F)c(N)c(F)c1. The zero-order valence-corrected chi connectivity index (χ0v) is 7.60. The monoisotopic (exact) mass is 200 g/mol. The first-order chi connectivity index (χ1) is 6.56. The molecule has 1 amide bonds. The fraction of sp³-hybridized carbons (Fsp3) is 0.222. The van der Waals surface area contributed by atoms with Crippen molar-refractivity contribution in [2.45, 2.75) is 6.92 Å². The molecule has 1 aromatic rings. The molecule has 0 aliphatic heterocycles. The predicted octanol–water partition coefficient (Wildman–Crippen LogP) is 1.30. The summed E-state index contributed by atoms with van der Waals surface area (Å²) in [6.45, 7) is 2.11. The number of amides is 1. The highest BCUT2D eigenvalue weighted by molar-refractivity contribution is 5.94. The molecule has 0 fully saturated rings. The Bertz CT molecular complexity index is 343. The Morgan fingerprint density at radius 1 is 1.43 bits per heavy atom. The van der Waals surface area contributed by atoms with E-state index in [1.807, 2.05) is 0 Å². The van der Waals surface area contributed by atoms with Crippen LogP contribution >= 0.6 is 0 Å². The summed E-state index contributed by atoms with van der Waals surface area (Å²) in [5.41, 5.74) is 4.40. The Morgan fingerprint density at radius 2 is 1.93 bits per heavy atom. The summed E-state index contributed by atoms with van der Waals surface area (Å²) in [5, 5.41) is 2.42. The van der Waals surface area contributed by atoms with Crippen molar-refractivity contribution in [1.29, 1.82) is 0 Å². The van der Waals surface area contributed by atoms with Crippen LogP contribution in [0.3, 0.4) is 0 Å². The molecule has 0 spiro atoms. The fourth-order valence-electron chi connectivity index (χ4n) is 0.978. The van der Waals surface area contributed by atoms with Crippen molar-refractivity contribution >= 4 is 11.6 Å². The second kappa shape index (κ2) is 4.04. The van der Waals surface area contributed by atoms with Gasteiger partial charge in [-0.1, -0.05) is 0 Å². The maximum absolute atomic E-state index is 12.9. The fourth-order valence-corrected chi connectivity index (χ4v) is 0.978. The third-order valence-electron chi connectivity index (χ3n) is 1.68. The molecule has 1 aromatic carbocycles. The van der Waals surface area contributed by atoms with E-state index in [4.69, 9.17) is 5.73 Å². The molecule has 0 radical (unpaired) electrons. The van der Waals surface area contributed by atoms with Gasteiger partial charge in [0.2, 0.25) is 0 Å².